The molecule has 0 spiro atoms. The highest BCUT2D eigenvalue weighted by atomic mass is 19.1. The third-order valence-electron chi connectivity index (χ3n) is 3.42. The smallest absolute Gasteiger partial charge is 0.363 e. The van der Waals surface area contributed by atoms with E-state index in [2.05, 4.69) is 4.99 Å². The molecule has 122 valence electrons. The summed E-state index contributed by atoms with van der Waals surface area (Å²) < 4.78 is 28.9. The van der Waals surface area contributed by atoms with Gasteiger partial charge in [-0.2, -0.15) is 0 Å². The Kier molecular flexibility index (Phi) is 4.29. The van der Waals surface area contributed by atoms with Gasteiger partial charge in [0.2, 0.25) is 5.90 Å². The number of rotatable bonds is 4. The fraction of sp³-hybridized carbons (Fsp3) is 0.111. The predicted molar refractivity (Wildman–Crippen MR) is 86.6 cm³/mol. The van der Waals surface area contributed by atoms with E-state index in [0.717, 1.165) is 0 Å². The zero-order valence-corrected chi connectivity index (χ0v) is 13.1. The molecule has 0 fully saturated rings. The van der Waals surface area contributed by atoms with Crippen molar-refractivity contribution in [1.29, 1.82) is 0 Å². The highest BCUT2D eigenvalue weighted by molar-refractivity contribution is 6.12. The second kappa shape index (κ2) is 6.54. The average Bonchev–Trinajstić information content (AvgIpc) is 2.96. The van der Waals surface area contributed by atoms with Crippen molar-refractivity contribution in [3.8, 4) is 11.5 Å². The number of hydrogen-bond donors (Lipinski definition) is 0. The monoisotopic (exact) mass is 327 g/mol. The lowest BCUT2D eigenvalue weighted by Crippen LogP contribution is -2.05. The molecule has 1 aliphatic rings. The topological polar surface area (TPSA) is 57.1 Å². The normalized spacial score (nSPS) is 15.2. The van der Waals surface area contributed by atoms with Gasteiger partial charge in [0, 0.05) is 5.56 Å². The first-order valence-corrected chi connectivity index (χ1v) is 7.11. The second-order valence-corrected chi connectivity index (χ2v) is 4.96. The molecule has 1 heterocycles. The molecular formula is C18H14FNO4. The summed E-state index contributed by atoms with van der Waals surface area (Å²) in [7, 11) is 2.93. The molecule has 5 nitrogen and oxygen atoms in total. The lowest BCUT2D eigenvalue weighted by atomic mass is 10.2. The van der Waals surface area contributed by atoms with E-state index < -0.39 is 11.8 Å². The fourth-order valence-electron chi connectivity index (χ4n) is 2.22. The standard InChI is InChI=1S/C18H14FNO4/c1-22-13-5-3-4-12(10-13)17-20-15(18(21)24-17)9-11-6-7-16(23-2)14(19)8-11/h3-10H,1-2H3/b15-9-. The molecule has 3 rings (SSSR count). The first-order chi connectivity index (χ1) is 11.6. The van der Waals surface area contributed by atoms with Crippen molar-refractivity contribution in [2.24, 2.45) is 4.99 Å². The quantitative estimate of drug-likeness (QED) is 0.639. The van der Waals surface area contributed by atoms with Crippen LogP contribution < -0.4 is 9.47 Å². The summed E-state index contributed by atoms with van der Waals surface area (Å²) in [5.41, 5.74) is 1.19. The Balaban J connectivity index is 1.92. The molecule has 1 aliphatic heterocycles. The van der Waals surface area contributed by atoms with Crippen LogP contribution in [0.4, 0.5) is 4.39 Å². The van der Waals surface area contributed by atoms with Crippen molar-refractivity contribution in [2.45, 2.75) is 0 Å². The zero-order chi connectivity index (χ0) is 17.1. The van der Waals surface area contributed by atoms with Crippen LogP contribution in [0.15, 0.2) is 53.2 Å². The molecule has 0 saturated heterocycles. The van der Waals surface area contributed by atoms with Crippen molar-refractivity contribution in [1.82, 2.24) is 0 Å². The maximum Gasteiger partial charge on any atom is 0.363 e. The van der Waals surface area contributed by atoms with Gasteiger partial charge in [0.25, 0.3) is 0 Å². The van der Waals surface area contributed by atoms with Crippen molar-refractivity contribution in [2.75, 3.05) is 14.2 Å². The number of benzene rings is 2. The Bertz CT molecular complexity index is 858. The molecule has 2 aromatic rings. The number of ether oxygens (including phenoxy) is 3. The van der Waals surface area contributed by atoms with Crippen LogP contribution >= 0.6 is 0 Å². The van der Waals surface area contributed by atoms with Crippen LogP contribution in [0.25, 0.3) is 6.08 Å². The maximum atomic E-state index is 13.7. The van der Waals surface area contributed by atoms with Crippen molar-refractivity contribution >= 4 is 17.9 Å². The molecule has 0 aromatic heterocycles. The van der Waals surface area contributed by atoms with Crippen molar-refractivity contribution < 1.29 is 23.4 Å². The fourth-order valence-corrected chi connectivity index (χ4v) is 2.22. The Labute approximate surface area is 138 Å². The Morgan fingerprint density at radius 2 is 1.96 bits per heavy atom. The SMILES string of the molecule is COc1cccc(C2=N/C(=C\c3ccc(OC)c(F)c3)C(=O)O2)c1. The number of nitrogens with zero attached hydrogens (tertiary/aromatic N) is 1. The number of carbonyl (C=O) groups excluding carboxylic acids is 1. The molecule has 0 atom stereocenters. The largest absolute Gasteiger partial charge is 0.497 e. The van der Waals surface area contributed by atoms with Gasteiger partial charge in [0.15, 0.2) is 17.3 Å². The molecule has 0 N–H and O–H groups in total. The number of halogens is 1. The minimum absolute atomic E-state index is 0.0948. The van der Waals surface area contributed by atoms with Gasteiger partial charge in [-0.3, -0.25) is 0 Å². The number of carbonyl (C=O) groups is 1. The lowest BCUT2D eigenvalue weighted by Gasteiger charge is -2.02. The lowest BCUT2D eigenvalue weighted by molar-refractivity contribution is -0.129. The summed E-state index contributed by atoms with van der Waals surface area (Å²) in [4.78, 5) is 16.1. The van der Waals surface area contributed by atoms with Gasteiger partial charge in [0.1, 0.15) is 5.75 Å². The second-order valence-electron chi connectivity index (χ2n) is 4.96. The van der Waals surface area contributed by atoms with E-state index in [9.17, 15) is 9.18 Å². The Morgan fingerprint density at radius 1 is 1.12 bits per heavy atom. The Morgan fingerprint density at radius 3 is 2.67 bits per heavy atom. The van der Waals surface area contributed by atoms with Gasteiger partial charge >= 0.3 is 5.97 Å². The third-order valence-corrected chi connectivity index (χ3v) is 3.42. The number of cyclic esters (lactones) is 1. The summed E-state index contributed by atoms with van der Waals surface area (Å²) in [6.07, 6.45) is 1.46. The van der Waals surface area contributed by atoms with E-state index in [1.807, 2.05) is 0 Å². The zero-order valence-electron chi connectivity index (χ0n) is 13.1. The summed E-state index contributed by atoms with van der Waals surface area (Å²) >= 11 is 0. The van der Waals surface area contributed by atoms with Gasteiger partial charge in [-0.1, -0.05) is 12.1 Å². The minimum Gasteiger partial charge on any atom is -0.497 e. The highest BCUT2D eigenvalue weighted by Gasteiger charge is 2.24. The third kappa shape index (κ3) is 3.12. The van der Waals surface area contributed by atoms with E-state index in [-0.39, 0.29) is 17.3 Å². The van der Waals surface area contributed by atoms with E-state index in [4.69, 9.17) is 14.2 Å². The summed E-state index contributed by atoms with van der Waals surface area (Å²) in [6, 6.07) is 11.4. The first kappa shape index (κ1) is 15.7. The van der Waals surface area contributed by atoms with Crippen LogP contribution in [0, 0.1) is 5.82 Å². The molecule has 0 bridgehead atoms. The maximum absolute atomic E-state index is 13.7. The molecule has 0 amide bonds. The van der Waals surface area contributed by atoms with Gasteiger partial charge in [-0.05, 0) is 42.0 Å². The van der Waals surface area contributed by atoms with Crippen LogP contribution in [-0.2, 0) is 9.53 Å². The van der Waals surface area contributed by atoms with Gasteiger partial charge in [-0.25, -0.2) is 14.2 Å². The number of aliphatic imine (C=N–C) groups is 1. The van der Waals surface area contributed by atoms with Crippen LogP contribution in [-0.4, -0.2) is 26.1 Å². The van der Waals surface area contributed by atoms with E-state index in [1.165, 1.54) is 25.3 Å². The van der Waals surface area contributed by atoms with E-state index in [1.54, 1.807) is 37.4 Å². The molecule has 24 heavy (non-hydrogen) atoms. The molecule has 6 heteroatoms. The molecule has 2 aromatic carbocycles. The van der Waals surface area contributed by atoms with Gasteiger partial charge in [-0.15, -0.1) is 0 Å². The van der Waals surface area contributed by atoms with Gasteiger partial charge < -0.3 is 14.2 Å². The molecule has 0 unspecified atom stereocenters. The summed E-state index contributed by atoms with van der Waals surface area (Å²) in [5, 5.41) is 0. The Hall–Kier alpha value is -3.15. The van der Waals surface area contributed by atoms with Gasteiger partial charge in [0.05, 0.1) is 14.2 Å². The summed E-state index contributed by atoms with van der Waals surface area (Å²) in [5.74, 6) is -0.175. The van der Waals surface area contributed by atoms with Crippen LogP contribution in [0.5, 0.6) is 11.5 Å². The number of esters is 1. The number of hydrogen-bond acceptors (Lipinski definition) is 5. The van der Waals surface area contributed by atoms with Crippen molar-refractivity contribution in [3.63, 3.8) is 0 Å². The summed E-state index contributed by atoms with van der Waals surface area (Å²) in [6.45, 7) is 0. The van der Waals surface area contributed by atoms with Crippen LogP contribution in [0.3, 0.4) is 0 Å². The first-order valence-electron chi connectivity index (χ1n) is 7.11. The van der Waals surface area contributed by atoms with Crippen LogP contribution in [0.2, 0.25) is 0 Å². The van der Waals surface area contributed by atoms with Crippen LogP contribution in [0.1, 0.15) is 11.1 Å². The van der Waals surface area contributed by atoms with E-state index in [0.29, 0.717) is 16.9 Å². The predicted octanol–water partition coefficient (Wildman–Crippen LogP) is 3.19. The number of methoxy groups -OCH3 is 2. The minimum atomic E-state index is -0.593. The average molecular weight is 327 g/mol. The van der Waals surface area contributed by atoms with Crippen molar-refractivity contribution in [3.05, 3.63) is 65.1 Å². The molecule has 0 radical (unpaired) electrons. The highest BCUT2D eigenvalue weighted by Crippen LogP contribution is 2.23. The van der Waals surface area contributed by atoms with E-state index >= 15 is 0 Å². The molecular weight excluding hydrogens is 313 g/mol. The molecule has 0 saturated carbocycles. The molecule has 0 aliphatic carbocycles.